The Bertz CT molecular complexity index is 847. The summed E-state index contributed by atoms with van der Waals surface area (Å²) in [6.45, 7) is 1.09. The SMILES string of the molecule is O=C(NCCNC(=O)c1ccc(NC(=O)C2CCCC2)cc1)NCc1ccccc1. The molecule has 0 saturated heterocycles. The number of nitrogens with one attached hydrogen (secondary N) is 4. The first kappa shape index (κ1) is 21.4. The molecule has 0 aromatic heterocycles. The van der Waals surface area contributed by atoms with Crippen LogP contribution in [0.5, 0.6) is 0 Å². The summed E-state index contributed by atoms with van der Waals surface area (Å²) in [5, 5.41) is 11.1. The van der Waals surface area contributed by atoms with E-state index in [9.17, 15) is 14.4 Å². The topological polar surface area (TPSA) is 99.3 Å². The Hall–Kier alpha value is -3.35. The first-order chi connectivity index (χ1) is 14.6. The van der Waals surface area contributed by atoms with E-state index in [0.29, 0.717) is 30.9 Å². The van der Waals surface area contributed by atoms with E-state index in [2.05, 4.69) is 21.3 Å². The predicted molar refractivity (Wildman–Crippen MR) is 116 cm³/mol. The minimum absolute atomic E-state index is 0.0568. The fraction of sp³-hybridized carbons (Fsp3) is 0.348. The van der Waals surface area contributed by atoms with Gasteiger partial charge in [0.05, 0.1) is 0 Å². The first-order valence-electron chi connectivity index (χ1n) is 10.4. The average molecular weight is 409 g/mol. The van der Waals surface area contributed by atoms with Crippen LogP contribution in [0.1, 0.15) is 41.6 Å². The van der Waals surface area contributed by atoms with Crippen molar-refractivity contribution in [2.75, 3.05) is 18.4 Å². The van der Waals surface area contributed by atoms with Crippen molar-refractivity contribution in [1.82, 2.24) is 16.0 Å². The van der Waals surface area contributed by atoms with Crippen LogP contribution in [0.2, 0.25) is 0 Å². The molecule has 1 saturated carbocycles. The molecule has 2 aromatic rings. The van der Waals surface area contributed by atoms with Crippen molar-refractivity contribution in [1.29, 1.82) is 0 Å². The normalized spacial score (nSPS) is 13.5. The third-order valence-corrected chi connectivity index (χ3v) is 5.13. The number of anilines is 1. The summed E-state index contributed by atoms with van der Waals surface area (Å²) in [5.41, 5.74) is 2.21. The van der Waals surface area contributed by atoms with Gasteiger partial charge in [-0.2, -0.15) is 0 Å². The summed E-state index contributed by atoms with van der Waals surface area (Å²) in [6.07, 6.45) is 4.12. The number of carbonyl (C=O) groups excluding carboxylic acids is 3. The zero-order valence-electron chi connectivity index (χ0n) is 16.9. The van der Waals surface area contributed by atoms with Gasteiger partial charge in [-0.3, -0.25) is 9.59 Å². The second kappa shape index (κ2) is 11.0. The van der Waals surface area contributed by atoms with Gasteiger partial charge >= 0.3 is 6.03 Å². The van der Waals surface area contributed by atoms with Crippen molar-refractivity contribution in [3.63, 3.8) is 0 Å². The van der Waals surface area contributed by atoms with Gasteiger partial charge in [-0.1, -0.05) is 43.2 Å². The van der Waals surface area contributed by atoms with Crippen LogP contribution in [-0.2, 0) is 11.3 Å². The standard InChI is InChI=1S/C23H28N4O3/c28-21(24-14-15-25-23(30)26-16-17-6-2-1-3-7-17)19-10-12-20(13-11-19)27-22(29)18-8-4-5-9-18/h1-3,6-7,10-13,18H,4-5,8-9,14-16H2,(H,24,28)(H,27,29)(H2,25,26,30). The van der Waals surface area contributed by atoms with Crippen molar-refractivity contribution >= 4 is 23.5 Å². The molecule has 0 aliphatic heterocycles. The lowest BCUT2D eigenvalue weighted by Gasteiger charge is -2.11. The van der Waals surface area contributed by atoms with Gasteiger partial charge in [-0.05, 0) is 42.7 Å². The lowest BCUT2D eigenvalue weighted by Crippen LogP contribution is -2.40. The van der Waals surface area contributed by atoms with Crippen LogP contribution in [-0.4, -0.2) is 30.9 Å². The number of urea groups is 1. The molecular weight excluding hydrogens is 380 g/mol. The Morgan fingerprint density at radius 2 is 1.47 bits per heavy atom. The predicted octanol–water partition coefficient (Wildman–Crippen LogP) is 3.04. The molecule has 0 spiro atoms. The van der Waals surface area contributed by atoms with Crippen LogP contribution in [0.25, 0.3) is 0 Å². The lowest BCUT2D eigenvalue weighted by atomic mass is 10.1. The summed E-state index contributed by atoms with van der Waals surface area (Å²) in [6, 6.07) is 16.2. The van der Waals surface area contributed by atoms with Gasteiger partial charge in [0.15, 0.2) is 0 Å². The molecule has 0 bridgehead atoms. The number of rotatable bonds is 8. The maximum absolute atomic E-state index is 12.2. The quantitative estimate of drug-likeness (QED) is 0.505. The minimum Gasteiger partial charge on any atom is -0.350 e. The molecule has 30 heavy (non-hydrogen) atoms. The first-order valence-corrected chi connectivity index (χ1v) is 10.4. The highest BCUT2D eigenvalue weighted by Crippen LogP contribution is 2.26. The second-order valence-corrected chi connectivity index (χ2v) is 7.40. The Morgan fingerprint density at radius 3 is 2.17 bits per heavy atom. The monoisotopic (exact) mass is 408 g/mol. The van der Waals surface area contributed by atoms with Gasteiger partial charge in [0.25, 0.3) is 5.91 Å². The summed E-state index contributed by atoms with van der Waals surface area (Å²) < 4.78 is 0. The smallest absolute Gasteiger partial charge is 0.315 e. The lowest BCUT2D eigenvalue weighted by molar-refractivity contribution is -0.119. The van der Waals surface area contributed by atoms with E-state index in [1.165, 1.54) is 0 Å². The average Bonchev–Trinajstić information content (AvgIpc) is 3.31. The Balaban J connectivity index is 1.33. The summed E-state index contributed by atoms with van der Waals surface area (Å²) in [5.74, 6) is -0.0677. The van der Waals surface area contributed by atoms with Crippen LogP contribution >= 0.6 is 0 Å². The van der Waals surface area contributed by atoms with Crippen molar-refractivity contribution in [3.8, 4) is 0 Å². The van der Waals surface area contributed by atoms with Crippen LogP contribution in [0.15, 0.2) is 54.6 Å². The molecule has 4 N–H and O–H groups in total. The van der Waals surface area contributed by atoms with Crippen molar-refractivity contribution in [2.24, 2.45) is 5.92 Å². The van der Waals surface area contributed by atoms with E-state index >= 15 is 0 Å². The second-order valence-electron chi connectivity index (χ2n) is 7.40. The third kappa shape index (κ3) is 6.62. The number of benzene rings is 2. The van der Waals surface area contributed by atoms with Gasteiger partial charge in [0.1, 0.15) is 0 Å². The fourth-order valence-corrected chi connectivity index (χ4v) is 3.43. The van der Waals surface area contributed by atoms with Crippen LogP contribution in [0.3, 0.4) is 0 Å². The summed E-state index contributed by atoms with van der Waals surface area (Å²) in [4.78, 5) is 36.2. The molecule has 1 fully saturated rings. The molecule has 0 heterocycles. The van der Waals surface area contributed by atoms with Crippen LogP contribution in [0.4, 0.5) is 10.5 Å². The van der Waals surface area contributed by atoms with Gasteiger partial charge in [-0.15, -0.1) is 0 Å². The number of amides is 4. The van der Waals surface area contributed by atoms with Crippen molar-refractivity contribution in [2.45, 2.75) is 32.2 Å². The molecule has 7 nitrogen and oxygen atoms in total. The minimum atomic E-state index is -0.282. The molecule has 0 atom stereocenters. The zero-order chi connectivity index (χ0) is 21.2. The molecule has 1 aliphatic rings. The van der Waals surface area contributed by atoms with Crippen LogP contribution in [0, 0.1) is 5.92 Å². The van der Waals surface area contributed by atoms with Crippen LogP contribution < -0.4 is 21.3 Å². The Morgan fingerprint density at radius 1 is 0.800 bits per heavy atom. The number of carbonyl (C=O) groups is 3. The van der Waals surface area contributed by atoms with Crippen molar-refractivity contribution in [3.05, 3.63) is 65.7 Å². The van der Waals surface area contributed by atoms with Gasteiger partial charge in [-0.25, -0.2) is 4.79 Å². The highest BCUT2D eigenvalue weighted by molar-refractivity contribution is 5.96. The Kier molecular flexibility index (Phi) is 7.83. The van der Waals surface area contributed by atoms with Gasteiger partial charge in [0, 0.05) is 36.8 Å². The van der Waals surface area contributed by atoms with E-state index in [0.717, 1.165) is 31.2 Å². The van der Waals surface area contributed by atoms with E-state index in [4.69, 9.17) is 0 Å². The molecule has 158 valence electrons. The summed E-state index contributed by atoms with van der Waals surface area (Å²) in [7, 11) is 0. The van der Waals surface area contributed by atoms with E-state index in [1.54, 1.807) is 24.3 Å². The third-order valence-electron chi connectivity index (χ3n) is 5.13. The maximum atomic E-state index is 12.2. The van der Waals surface area contributed by atoms with Crippen molar-refractivity contribution < 1.29 is 14.4 Å². The van der Waals surface area contributed by atoms with Gasteiger partial charge < -0.3 is 21.3 Å². The van der Waals surface area contributed by atoms with E-state index in [-0.39, 0.29) is 23.8 Å². The van der Waals surface area contributed by atoms with E-state index < -0.39 is 0 Å². The van der Waals surface area contributed by atoms with Gasteiger partial charge in [0.2, 0.25) is 5.91 Å². The summed E-state index contributed by atoms with van der Waals surface area (Å²) >= 11 is 0. The number of hydrogen-bond donors (Lipinski definition) is 4. The molecule has 7 heteroatoms. The molecule has 0 unspecified atom stereocenters. The molecule has 0 radical (unpaired) electrons. The zero-order valence-corrected chi connectivity index (χ0v) is 16.9. The molecule has 4 amide bonds. The molecule has 3 rings (SSSR count). The highest BCUT2D eigenvalue weighted by Gasteiger charge is 2.22. The van der Waals surface area contributed by atoms with E-state index in [1.807, 2.05) is 30.3 Å². The largest absolute Gasteiger partial charge is 0.350 e. The Labute approximate surface area is 176 Å². The molecular formula is C23H28N4O3. The molecule has 1 aliphatic carbocycles. The maximum Gasteiger partial charge on any atom is 0.315 e. The number of hydrogen-bond acceptors (Lipinski definition) is 3. The fourth-order valence-electron chi connectivity index (χ4n) is 3.43. The highest BCUT2D eigenvalue weighted by atomic mass is 16.2. The molecule has 2 aromatic carbocycles.